The maximum absolute atomic E-state index is 13.3. The Balaban J connectivity index is 2.15. The van der Waals surface area contributed by atoms with Gasteiger partial charge in [-0.2, -0.15) is 0 Å². The Hall–Kier alpha value is -1.56. The van der Waals surface area contributed by atoms with Gasteiger partial charge >= 0.3 is 7.12 Å². The molecule has 2 rings (SSSR count). The van der Waals surface area contributed by atoms with Gasteiger partial charge in [0.05, 0.1) is 0 Å². The highest BCUT2D eigenvalue weighted by atomic mass is 35.5. The molecule has 0 spiro atoms. The van der Waals surface area contributed by atoms with Gasteiger partial charge in [0.1, 0.15) is 18.2 Å². The van der Waals surface area contributed by atoms with Crippen molar-refractivity contribution in [2.75, 3.05) is 0 Å². The number of hydrogen-bond acceptors (Lipinski definition) is 3. The summed E-state index contributed by atoms with van der Waals surface area (Å²) in [7, 11) is -1.84. The second-order valence-electron chi connectivity index (χ2n) is 4.43. The fourth-order valence-electron chi connectivity index (χ4n) is 1.77. The van der Waals surface area contributed by atoms with Crippen LogP contribution < -0.4 is 10.2 Å². The van der Waals surface area contributed by atoms with Crippen LogP contribution in [0, 0.1) is 12.7 Å². The fraction of sp³-hybridized carbons (Fsp3) is 0.143. The highest BCUT2D eigenvalue weighted by Gasteiger charge is 2.16. The number of hydrogen-bond donors (Lipinski definition) is 2. The van der Waals surface area contributed by atoms with Crippen LogP contribution in [0.15, 0.2) is 36.4 Å². The minimum Gasteiger partial charge on any atom is -0.489 e. The molecule has 0 unspecified atom stereocenters. The summed E-state index contributed by atoms with van der Waals surface area (Å²) in [5, 5.41) is 18.7. The topological polar surface area (TPSA) is 49.7 Å². The first-order valence-corrected chi connectivity index (χ1v) is 6.38. The van der Waals surface area contributed by atoms with E-state index < -0.39 is 12.9 Å². The summed E-state index contributed by atoms with van der Waals surface area (Å²) in [6.07, 6.45) is 0. The smallest absolute Gasteiger partial charge is 0.489 e. The number of ether oxygens (including phenoxy) is 1. The van der Waals surface area contributed by atoms with E-state index in [1.54, 1.807) is 12.1 Å². The van der Waals surface area contributed by atoms with E-state index in [0.29, 0.717) is 16.3 Å². The van der Waals surface area contributed by atoms with E-state index in [2.05, 4.69) is 0 Å². The van der Waals surface area contributed by atoms with Gasteiger partial charge in [-0.05, 0) is 36.2 Å². The third-order valence-corrected chi connectivity index (χ3v) is 3.12. The quantitative estimate of drug-likeness (QED) is 0.849. The second kappa shape index (κ2) is 6.26. The van der Waals surface area contributed by atoms with Gasteiger partial charge in [-0.1, -0.05) is 29.8 Å². The van der Waals surface area contributed by atoms with Gasteiger partial charge < -0.3 is 14.8 Å². The van der Waals surface area contributed by atoms with Gasteiger partial charge in [-0.15, -0.1) is 0 Å². The molecule has 0 amide bonds. The van der Waals surface area contributed by atoms with Crippen molar-refractivity contribution in [3.8, 4) is 5.75 Å². The van der Waals surface area contributed by atoms with Crippen LogP contribution in [0.1, 0.15) is 11.1 Å². The van der Waals surface area contributed by atoms with Crippen LogP contribution in [-0.4, -0.2) is 17.2 Å². The number of halogens is 2. The molecule has 6 heteroatoms. The van der Waals surface area contributed by atoms with Crippen molar-refractivity contribution in [3.05, 3.63) is 58.4 Å². The van der Waals surface area contributed by atoms with Crippen LogP contribution in [0.3, 0.4) is 0 Å². The Morgan fingerprint density at radius 3 is 2.65 bits per heavy atom. The predicted octanol–water partition coefficient (Wildman–Crippen LogP) is 2.05. The van der Waals surface area contributed by atoms with Crippen molar-refractivity contribution >= 4 is 24.2 Å². The minimum atomic E-state index is -1.84. The molecule has 0 aromatic heterocycles. The van der Waals surface area contributed by atoms with E-state index >= 15 is 0 Å². The SMILES string of the molecule is Cc1ccc(Cl)cc1OCc1ccc(F)c(B(O)O)c1. The van der Waals surface area contributed by atoms with Gasteiger partial charge in [0.15, 0.2) is 0 Å². The third-order valence-electron chi connectivity index (χ3n) is 2.88. The predicted molar refractivity (Wildman–Crippen MR) is 76.7 cm³/mol. The molecule has 0 aliphatic rings. The average molecular weight is 295 g/mol. The molecule has 0 saturated carbocycles. The maximum Gasteiger partial charge on any atom is 0.491 e. The molecule has 104 valence electrons. The molecule has 2 aromatic rings. The van der Waals surface area contributed by atoms with Gasteiger partial charge in [0, 0.05) is 10.5 Å². The van der Waals surface area contributed by atoms with Crippen LogP contribution in [0.5, 0.6) is 5.75 Å². The van der Waals surface area contributed by atoms with E-state index in [-0.39, 0.29) is 12.1 Å². The first-order chi connectivity index (χ1) is 9.47. The van der Waals surface area contributed by atoms with Crippen molar-refractivity contribution in [1.82, 2.24) is 0 Å². The van der Waals surface area contributed by atoms with Gasteiger partial charge in [-0.25, -0.2) is 4.39 Å². The fourth-order valence-corrected chi connectivity index (χ4v) is 1.93. The highest BCUT2D eigenvalue weighted by Crippen LogP contribution is 2.23. The van der Waals surface area contributed by atoms with Crippen molar-refractivity contribution in [1.29, 1.82) is 0 Å². The highest BCUT2D eigenvalue weighted by molar-refractivity contribution is 6.58. The lowest BCUT2D eigenvalue weighted by atomic mass is 9.79. The molecule has 0 bridgehead atoms. The molecule has 0 saturated heterocycles. The zero-order valence-electron chi connectivity index (χ0n) is 10.8. The monoisotopic (exact) mass is 294 g/mol. The van der Waals surface area contributed by atoms with Crippen LogP contribution in [-0.2, 0) is 6.61 Å². The summed E-state index contributed by atoms with van der Waals surface area (Å²) >= 11 is 5.89. The molecule has 2 aromatic carbocycles. The van der Waals surface area contributed by atoms with E-state index in [9.17, 15) is 4.39 Å². The third kappa shape index (κ3) is 3.51. The number of benzene rings is 2. The molecule has 0 heterocycles. The lowest BCUT2D eigenvalue weighted by Gasteiger charge is -2.11. The van der Waals surface area contributed by atoms with Gasteiger partial charge in [-0.3, -0.25) is 0 Å². The number of rotatable bonds is 4. The number of aryl methyl sites for hydroxylation is 1. The van der Waals surface area contributed by atoms with Crippen LogP contribution in [0.2, 0.25) is 5.02 Å². The lowest BCUT2D eigenvalue weighted by molar-refractivity contribution is 0.304. The standard InChI is InChI=1S/C14H13BClFO3/c1-9-2-4-11(16)7-14(9)20-8-10-3-5-13(17)12(6-10)15(18)19/h2-7,18-19H,8H2,1H3. The van der Waals surface area contributed by atoms with Gasteiger partial charge in [0.25, 0.3) is 0 Å². The largest absolute Gasteiger partial charge is 0.491 e. The van der Waals surface area contributed by atoms with Crippen LogP contribution in [0.4, 0.5) is 4.39 Å². The normalized spacial score (nSPS) is 10.4. The lowest BCUT2D eigenvalue weighted by Crippen LogP contribution is -2.33. The van der Waals surface area contributed by atoms with Crippen LogP contribution >= 0.6 is 11.6 Å². The molecule has 0 radical (unpaired) electrons. The minimum absolute atomic E-state index is 0.172. The summed E-state index contributed by atoms with van der Waals surface area (Å²) in [5.41, 5.74) is 1.39. The Morgan fingerprint density at radius 2 is 1.95 bits per heavy atom. The average Bonchev–Trinajstić information content (AvgIpc) is 2.41. The van der Waals surface area contributed by atoms with E-state index in [1.807, 2.05) is 13.0 Å². The second-order valence-corrected chi connectivity index (χ2v) is 4.86. The van der Waals surface area contributed by atoms with E-state index in [1.165, 1.54) is 18.2 Å². The first kappa shape index (κ1) is 14.8. The zero-order valence-corrected chi connectivity index (χ0v) is 11.6. The van der Waals surface area contributed by atoms with Crippen molar-refractivity contribution in [3.63, 3.8) is 0 Å². The molecule has 20 heavy (non-hydrogen) atoms. The van der Waals surface area contributed by atoms with Gasteiger partial charge in [0.2, 0.25) is 0 Å². The van der Waals surface area contributed by atoms with E-state index in [4.69, 9.17) is 26.4 Å². The van der Waals surface area contributed by atoms with Crippen molar-refractivity contribution < 1.29 is 19.2 Å². The Kier molecular flexibility index (Phi) is 4.65. The maximum atomic E-state index is 13.3. The molecule has 0 aliphatic carbocycles. The summed E-state index contributed by atoms with van der Waals surface area (Å²) in [4.78, 5) is 0. The molecule has 3 nitrogen and oxygen atoms in total. The Labute approximate surface area is 121 Å². The summed E-state index contributed by atoms with van der Waals surface area (Å²) < 4.78 is 18.9. The Bertz CT molecular complexity index is 619. The first-order valence-electron chi connectivity index (χ1n) is 6.01. The van der Waals surface area contributed by atoms with Crippen LogP contribution in [0.25, 0.3) is 0 Å². The zero-order chi connectivity index (χ0) is 14.7. The molecular weight excluding hydrogens is 281 g/mol. The molecular formula is C14H13BClFO3. The molecule has 0 aliphatic heterocycles. The summed E-state index contributed by atoms with van der Waals surface area (Å²) in [6, 6.07) is 9.37. The Morgan fingerprint density at radius 1 is 1.20 bits per heavy atom. The van der Waals surface area contributed by atoms with E-state index in [0.717, 1.165) is 5.56 Å². The molecule has 2 N–H and O–H groups in total. The summed E-state index contributed by atoms with van der Waals surface area (Å²) in [6.45, 7) is 2.07. The molecule has 0 atom stereocenters. The molecule has 0 fully saturated rings. The van der Waals surface area contributed by atoms with Crippen molar-refractivity contribution in [2.45, 2.75) is 13.5 Å². The summed E-state index contributed by atoms with van der Waals surface area (Å²) in [5.74, 6) is -0.0318. The van der Waals surface area contributed by atoms with Crippen molar-refractivity contribution in [2.24, 2.45) is 0 Å².